The van der Waals surface area contributed by atoms with Crippen LogP contribution >= 0.6 is 0 Å². The maximum absolute atomic E-state index is 5.46. The van der Waals surface area contributed by atoms with Crippen molar-refractivity contribution in [1.82, 2.24) is 15.5 Å². The number of nitrogens with zero attached hydrogens (tertiary/aromatic N) is 2. The second-order valence-corrected chi connectivity index (χ2v) is 7.75. The van der Waals surface area contributed by atoms with Crippen LogP contribution in [0.25, 0.3) is 0 Å². The van der Waals surface area contributed by atoms with Crippen LogP contribution in [-0.2, 0) is 4.74 Å². The molecule has 5 nitrogen and oxygen atoms in total. The fourth-order valence-electron chi connectivity index (χ4n) is 3.85. The van der Waals surface area contributed by atoms with Gasteiger partial charge in [-0.15, -0.1) is 0 Å². The first-order valence-corrected chi connectivity index (χ1v) is 9.29. The molecule has 1 saturated carbocycles. The van der Waals surface area contributed by atoms with Gasteiger partial charge in [-0.05, 0) is 38.5 Å². The Morgan fingerprint density at radius 2 is 1.83 bits per heavy atom. The molecule has 0 unspecified atom stereocenters. The normalized spacial score (nSPS) is 23.0. The van der Waals surface area contributed by atoms with Crippen molar-refractivity contribution in [2.45, 2.75) is 58.4 Å². The van der Waals surface area contributed by atoms with E-state index in [1.165, 1.54) is 32.1 Å². The van der Waals surface area contributed by atoms with Crippen LogP contribution in [0.15, 0.2) is 4.99 Å². The molecule has 2 N–H and O–H groups in total. The lowest BCUT2D eigenvalue weighted by molar-refractivity contribution is -0.00835. The van der Waals surface area contributed by atoms with Gasteiger partial charge in [0.1, 0.15) is 0 Å². The molecule has 0 radical (unpaired) electrons. The number of nitrogens with one attached hydrogen (secondary N) is 2. The first-order valence-electron chi connectivity index (χ1n) is 9.29. The number of guanidine groups is 1. The average Bonchev–Trinajstić information content (AvgIpc) is 3.05. The first-order chi connectivity index (χ1) is 11.0. The number of ether oxygens (including phenoxy) is 1. The van der Waals surface area contributed by atoms with E-state index in [4.69, 9.17) is 4.74 Å². The van der Waals surface area contributed by atoms with E-state index in [1.807, 2.05) is 7.05 Å². The van der Waals surface area contributed by atoms with Gasteiger partial charge in [-0.1, -0.05) is 19.8 Å². The molecule has 1 heterocycles. The van der Waals surface area contributed by atoms with Crippen molar-refractivity contribution in [3.63, 3.8) is 0 Å². The number of morpholine rings is 1. The van der Waals surface area contributed by atoms with Crippen LogP contribution in [0.1, 0.15) is 52.9 Å². The lowest BCUT2D eigenvalue weighted by Crippen LogP contribution is -2.56. The van der Waals surface area contributed by atoms with Crippen molar-refractivity contribution in [3.05, 3.63) is 0 Å². The van der Waals surface area contributed by atoms with Crippen LogP contribution in [0.3, 0.4) is 0 Å². The number of hydrogen-bond donors (Lipinski definition) is 2. The fourth-order valence-corrected chi connectivity index (χ4v) is 3.85. The molecule has 0 aromatic rings. The summed E-state index contributed by atoms with van der Waals surface area (Å²) in [6.07, 6.45) is 6.73. The molecule has 134 valence electrons. The minimum absolute atomic E-state index is 0.108. The topological polar surface area (TPSA) is 48.9 Å². The van der Waals surface area contributed by atoms with Gasteiger partial charge in [-0.25, -0.2) is 0 Å². The summed E-state index contributed by atoms with van der Waals surface area (Å²) in [5.41, 5.74) is 0.592. The molecule has 5 heteroatoms. The van der Waals surface area contributed by atoms with Gasteiger partial charge in [-0.3, -0.25) is 9.89 Å². The average molecular weight is 325 g/mol. The Bertz CT molecular complexity index is 382. The van der Waals surface area contributed by atoms with E-state index in [2.05, 4.69) is 41.3 Å². The van der Waals surface area contributed by atoms with Crippen LogP contribution in [0.4, 0.5) is 0 Å². The van der Waals surface area contributed by atoms with E-state index < -0.39 is 0 Å². The third-order valence-corrected chi connectivity index (χ3v) is 5.82. The van der Waals surface area contributed by atoms with Crippen molar-refractivity contribution in [3.8, 4) is 0 Å². The highest BCUT2D eigenvalue weighted by atomic mass is 16.5. The van der Waals surface area contributed by atoms with Crippen molar-refractivity contribution >= 4 is 5.96 Å². The van der Waals surface area contributed by atoms with Crippen molar-refractivity contribution in [1.29, 1.82) is 0 Å². The van der Waals surface area contributed by atoms with Crippen LogP contribution < -0.4 is 10.6 Å². The maximum atomic E-state index is 5.46. The van der Waals surface area contributed by atoms with E-state index in [-0.39, 0.29) is 5.54 Å². The highest BCUT2D eigenvalue weighted by Crippen LogP contribution is 2.40. The zero-order chi connectivity index (χ0) is 16.8. The van der Waals surface area contributed by atoms with Gasteiger partial charge >= 0.3 is 0 Å². The van der Waals surface area contributed by atoms with Gasteiger partial charge < -0.3 is 15.4 Å². The summed E-state index contributed by atoms with van der Waals surface area (Å²) in [4.78, 5) is 6.92. The van der Waals surface area contributed by atoms with Crippen molar-refractivity contribution < 1.29 is 4.74 Å². The van der Waals surface area contributed by atoms with Crippen LogP contribution in [0.5, 0.6) is 0 Å². The zero-order valence-electron chi connectivity index (χ0n) is 15.6. The molecular formula is C18H36N4O. The minimum atomic E-state index is 0.108. The fraction of sp³-hybridized carbons (Fsp3) is 0.944. The van der Waals surface area contributed by atoms with E-state index in [1.54, 1.807) is 0 Å². The van der Waals surface area contributed by atoms with Gasteiger partial charge in [0.05, 0.1) is 13.2 Å². The first kappa shape index (κ1) is 18.5. The molecule has 0 aromatic heterocycles. The molecule has 0 spiro atoms. The number of hydrogen-bond acceptors (Lipinski definition) is 3. The highest BCUT2D eigenvalue weighted by molar-refractivity contribution is 5.79. The van der Waals surface area contributed by atoms with Gasteiger partial charge in [0.25, 0.3) is 0 Å². The molecule has 2 rings (SSSR count). The Kier molecular flexibility index (Phi) is 6.72. The summed E-state index contributed by atoms with van der Waals surface area (Å²) in [6.45, 7) is 12.6. The molecular weight excluding hydrogens is 288 g/mol. The van der Waals surface area contributed by atoms with Gasteiger partial charge in [0.15, 0.2) is 5.96 Å². The second kappa shape index (κ2) is 8.34. The standard InChI is InChI=1S/C18H36N4O/c1-5-18(8-6-7-9-18)15-21-16(19-4)20-14-17(2,3)22-10-12-23-13-11-22/h5-15H2,1-4H3,(H2,19,20,21). The zero-order valence-corrected chi connectivity index (χ0v) is 15.6. The van der Waals surface area contributed by atoms with E-state index in [0.717, 1.165) is 45.4 Å². The molecule has 0 atom stereocenters. The Hall–Kier alpha value is -0.810. The predicted octanol–water partition coefficient (Wildman–Crippen LogP) is 2.23. The monoisotopic (exact) mass is 324 g/mol. The van der Waals surface area contributed by atoms with Gasteiger partial charge in [0, 0.05) is 38.8 Å². The molecule has 0 bridgehead atoms. The van der Waals surface area contributed by atoms with E-state index >= 15 is 0 Å². The lowest BCUT2D eigenvalue weighted by Gasteiger charge is -2.41. The van der Waals surface area contributed by atoms with Gasteiger partial charge in [-0.2, -0.15) is 0 Å². The Morgan fingerprint density at radius 1 is 1.17 bits per heavy atom. The van der Waals surface area contributed by atoms with E-state index in [0.29, 0.717) is 5.41 Å². The molecule has 23 heavy (non-hydrogen) atoms. The molecule has 1 aliphatic heterocycles. The summed E-state index contributed by atoms with van der Waals surface area (Å²) in [6, 6.07) is 0. The minimum Gasteiger partial charge on any atom is -0.379 e. The van der Waals surface area contributed by atoms with Crippen LogP contribution in [0, 0.1) is 5.41 Å². The summed E-state index contributed by atoms with van der Waals surface area (Å²) in [5.74, 6) is 0.936. The van der Waals surface area contributed by atoms with Crippen LogP contribution in [0.2, 0.25) is 0 Å². The molecule has 0 aromatic carbocycles. The molecule has 2 fully saturated rings. The number of aliphatic imine (C=N–C) groups is 1. The SMILES string of the molecule is CCC1(CNC(=NC)NCC(C)(C)N2CCOCC2)CCCC1. The highest BCUT2D eigenvalue weighted by Gasteiger charge is 2.32. The quantitative estimate of drug-likeness (QED) is 0.581. The van der Waals surface area contributed by atoms with Crippen LogP contribution in [-0.4, -0.2) is 62.8 Å². The third kappa shape index (κ3) is 5.08. The molecule has 1 saturated heterocycles. The molecule has 0 amide bonds. The molecule has 1 aliphatic carbocycles. The van der Waals surface area contributed by atoms with Gasteiger partial charge in [0.2, 0.25) is 0 Å². The van der Waals surface area contributed by atoms with Crippen molar-refractivity contribution in [2.24, 2.45) is 10.4 Å². The summed E-state index contributed by atoms with van der Waals surface area (Å²) < 4.78 is 5.46. The smallest absolute Gasteiger partial charge is 0.191 e. The summed E-state index contributed by atoms with van der Waals surface area (Å²) in [5, 5.41) is 7.10. The summed E-state index contributed by atoms with van der Waals surface area (Å²) >= 11 is 0. The molecule has 2 aliphatic rings. The largest absolute Gasteiger partial charge is 0.379 e. The third-order valence-electron chi connectivity index (χ3n) is 5.82. The van der Waals surface area contributed by atoms with Crippen molar-refractivity contribution in [2.75, 3.05) is 46.4 Å². The lowest BCUT2D eigenvalue weighted by atomic mass is 9.83. The summed E-state index contributed by atoms with van der Waals surface area (Å²) in [7, 11) is 1.87. The maximum Gasteiger partial charge on any atom is 0.191 e. The Balaban J connectivity index is 1.80. The Labute approximate surface area is 142 Å². The van der Waals surface area contributed by atoms with E-state index in [9.17, 15) is 0 Å². The Morgan fingerprint density at radius 3 is 2.39 bits per heavy atom. The second-order valence-electron chi connectivity index (χ2n) is 7.75. The number of rotatable bonds is 6. The predicted molar refractivity (Wildman–Crippen MR) is 97.0 cm³/mol.